The summed E-state index contributed by atoms with van der Waals surface area (Å²) < 4.78 is 0. The molecule has 2 N–H and O–H groups in total. The van der Waals surface area contributed by atoms with E-state index in [-0.39, 0.29) is 5.54 Å². The summed E-state index contributed by atoms with van der Waals surface area (Å²) in [4.78, 5) is 0. The van der Waals surface area contributed by atoms with Gasteiger partial charge in [-0.05, 0) is 57.2 Å². The first-order valence-electron chi connectivity index (χ1n) is 8.02. The van der Waals surface area contributed by atoms with Crippen LogP contribution in [0.3, 0.4) is 0 Å². The van der Waals surface area contributed by atoms with Gasteiger partial charge in [0.05, 0.1) is 0 Å². The largest absolute Gasteiger partial charge is 0.359 e. The third kappa shape index (κ3) is 4.94. The molecule has 0 spiro atoms. The van der Waals surface area contributed by atoms with Crippen LogP contribution in [0.15, 0.2) is 0 Å². The highest BCUT2D eigenvalue weighted by atomic mass is 32.1. The molecule has 0 saturated heterocycles. The second-order valence-corrected chi connectivity index (χ2v) is 7.04. The van der Waals surface area contributed by atoms with E-state index >= 15 is 0 Å². The lowest BCUT2D eigenvalue weighted by molar-refractivity contribution is 0.192. The number of nitrogens with one attached hydrogen (secondary N) is 2. The van der Waals surface area contributed by atoms with Gasteiger partial charge in [-0.1, -0.05) is 40.0 Å². The first-order chi connectivity index (χ1) is 8.93. The summed E-state index contributed by atoms with van der Waals surface area (Å²) in [6.45, 7) is 11.2. The van der Waals surface area contributed by atoms with Crippen LogP contribution in [0, 0.1) is 11.8 Å². The minimum Gasteiger partial charge on any atom is -0.359 e. The van der Waals surface area contributed by atoms with Crippen molar-refractivity contribution in [3.05, 3.63) is 0 Å². The average molecular weight is 285 g/mol. The summed E-state index contributed by atoms with van der Waals surface area (Å²) in [7, 11) is 0. The Morgan fingerprint density at radius 3 is 2.05 bits per heavy atom. The zero-order valence-electron chi connectivity index (χ0n) is 13.4. The standard InChI is InChI=1S/C16H32N2S/c1-6-12-10-9-11-13(7-2)14(12)17-15(19)18-16(4,5)8-3/h12-14H,6-11H2,1-5H3,(H2,17,18,19). The predicted octanol–water partition coefficient (Wildman–Crippen LogP) is 4.24. The maximum Gasteiger partial charge on any atom is 0.166 e. The maximum absolute atomic E-state index is 5.53. The van der Waals surface area contributed by atoms with Gasteiger partial charge in [-0.2, -0.15) is 0 Å². The van der Waals surface area contributed by atoms with Crippen molar-refractivity contribution in [2.75, 3.05) is 0 Å². The minimum atomic E-state index is 0.0855. The molecule has 0 heterocycles. The third-order valence-corrected chi connectivity index (χ3v) is 5.07. The number of hydrogen-bond donors (Lipinski definition) is 2. The summed E-state index contributed by atoms with van der Waals surface area (Å²) in [5.74, 6) is 1.56. The van der Waals surface area contributed by atoms with Crippen LogP contribution in [-0.4, -0.2) is 16.7 Å². The number of hydrogen-bond acceptors (Lipinski definition) is 1. The third-order valence-electron chi connectivity index (χ3n) is 4.85. The Morgan fingerprint density at radius 1 is 1.11 bits per heavy atom. The van der Waals surface area contributed by atoms with Gasteiger partial charge in [0.1, 0.15) is 0 Å². The lowest BCUT2D eigenvalue weighted by atomic mass is 9.74. The molecule has 0 amide bonds. The van der Waals surface area contributed by atoms with E-state index < -0.39 is 0 Å². The van der Waals surface area contributed by atoms with Gasteiger partial charge in [-0.3, -0.25) is 0 Å². The molecule has 112 valence electrons. The molecule has 1 saturated carbocycles. The monoisotopic (exact) mass is 284 g/mol. The minimum absolute atomic E-state index is 0.0855. The molecule has 1 rings (SSSR count). The van der Waals surface area contributed by atoms with Crippen molar-refractivity contribution < 1.29 is 0 Å². The SMILES string of the molecule is CCC1CCCC(CC)C1NC(=S)NC(C)(C)CC. The van der Waals surface area contributed by atoms with E-state index in [0.717, 1.165) is 23.4 Å². The van der Waals surface area contributed by atoms with Crippen LogP contribution < -0.4 is 10.6 Å². The van der Waals surface area contributed by atoms with Crippen LogP contribution in [0.4, 0.5) is 0 Å². The molecule has 0 aromatic heterocycles. The highest BCUT2D eigenvalue weighted by Gasteiger charge is 2.32. The van der Waals surface area contributed by atoms with Gasteiger partial charge >= 0.3 is 0 Å². The van der Waals surface area contributed by atoms with Gasteiger partial charge in [0.2, 0.25) is 0 Å². The molecular formula is C16H32N2S. The van der Waals surface area contributed by atoms with Crippen molar-refractivity contribution in [1.82, 2.24) is 10.6 Å². The molecule has 2 nitrogen and oxygen atoms in total. The van der Waals surface area contributed by atoms with Crippen LogP contribution in [0.5, 0.6) is 0 Å². The predicted molar refractivity (Wildman–Crippen MR) is 88.4 cm³/mol. The zero-order chi connectivity index (χ0) is 14.5. The Bertz CT molecular complexity index is 276. The summed E-state index contributed by atoms with van der Waals surface area (Å²) in [6.07, 6.45) is 7.68. The van der Waals surface area contributed by atoms with Gasteiger partial charge in [0.25, 0.3) is 0 Å². The highest BCUT2D eigenvalue weighted by Crippen LogP contribution is 2.33. The van der Waals surface area contributed by atoms with Crippen molar-refractivity contribution >= 4 is 17.3 Å². The van der Waals surface area contributed by atoms with E-state index in [1.165, 1.54) is 32.1 Å². The Kier molecular flexibility index (Phi) is 6.58. The molecule has 0 radical (unpaired) electrons. The molecule has 2 atom stereocenters. The van der Waals surface area contributed by atoms with Crippen LogP contribution >= 0.6 is 12.2 Å². The molecular weight excluding hydrogens is 252 g/mol. The van der Waals surface area contributed by atoms with E-state index in [1.807, 2.05) is 0 Å². The Hall–Kier alpha value is -0.310. The molecule has 0 aliphatic heterocycles. The van der Waals surface area contributed by atoms with Gasteiger partial charge in [-0.25, -0.2) is 0 Å². The van der Waals surface area contributed by atoms with E-state index in [1.54, 1.807) is 0 Å². The second kappa shape index (κ2) is 7.47. The molecule has 0 bridgehead atoms. The number of thiocarbonyl (C=S) groups is 1. The van der Waals surface area contributed by atoms with Gasteiger partial charge in [0.15, 0.2) is 5.11 Å². The quantitative estimate of drug-likeness (QED) is 0.738. The summed E-state index contributed by atoms with van der Waals surface area (Å²) in [5, 5.41) is 7.94. The van der Waals surface area contributed by atoms with Gasteiger partial charge < -0.3 is 10.6 Å². The lowest BCUT2D eigenvalue weighted by Crippen LogP contribution is -2.54. The van der Waals surface area contributed by atoms with E-state index in [9.17, 15) is 0 Å². The van der Waals surface area contributed by atoms with Crippen molar-refractivity contribution in [2.24, 2.45) is 11.8 Å². The fourth-order valence-electron chi connectivity index (χ4n) is 3.12. The first-order valence-corrected chi connectivity index (χ1v) is 8.43. The normalized spacial score (nSPS) is 27.9. The molecule has 19 heavy (non-hydrogen) atoms. The lowest BCUT2D eigenvalue weighted by Gasteiger charge is -2.40. The highest BCUT2D eigenvalue weighted by molar-refractivity contribution is 7.80. The van der Waals surface area contributed by atoms with E-state index in [0.29, 0.717) is 6.04 Å². The Balaban J connectivity index is 2.62. The summed E-state index contributed by atoms with van der Waals surface area (Å²) in [6, 6.07) is 0.566. The molecule has 1 fully saturated rings. The van der Waals surface area contributed by atoms with Crippen molar-refractivity contribution in [1.29, 1.82) is 0 Å². The summed E-state index contributed by atoms with van der Waals surface area (Å²) >= 11 is 5.53. The van der Waals surface area contributed by atoms with Crippen molar-refractivity contribution in [3.8, 4) is 0 Å². The molecule has 0 aromatic rings. The average Bonchev–Trinajstić information content (AvgIpc) is 2.38. The van der Waals surface area contributed by atoms with Crippen LogP contribution in [-0.2, 0) is 0 Å². The van der Waals surface area contributed by atoms with Gasteiger partial charge in [0, 0.05) is 11.6 Å². The van der Waals surface area contributed by atoms with Crippen molar-refractivity contribution in [3.63, 3.8) is 0 Å². The second-order valence-electron chi connectivity index (χ2n) is 6.63. The molecule has 1 aliphatic carbocycles. The Morgan fingerprint density at radius 2 is 1.63 bits per heavy atom. The topological polar surface area (TPSA) is 24.1 Å². The van der Waals surface area contributed by atoms with Gasteiger partial charge in [-0.15, -0.1) is 0 Å². The number of rotatable bonds is 5. The fraction of sp³-hybridized carbons (Fsp3) is 0.938. The maximum atomic E-state index is 5.53. The summed E-state index contributed by atoms with van der Waals surface area (Å²) in [5.41, 5.74) is 0.0855. The van der Waals surface area contributed by atoms with Crippen molar-refractivity contribution in [2.45, 2.75) is 84.7 Å². The Labute approximate surface area is 125 Å². The molecule has 2 unspecified atom stereocenters. The molecule has 1 aliphatic rings. The van der Waals surface area contributed by atoms with Crippen LogP contribution in [0.1, 0.15) is 73.1 Å². The molecule has 0 aromatic carbocycles. The van der Waals surface area contributed by atoms with Crippen LogP contribution in [0.25, 0.3) is 0 Å². The fourth-order valence-corrected chi connectivity index (χ4v) is 3.53. The van der Waals surface area contributed by atoms with Crippen LogP contribution in [0.2, 0.25) is 0 Å². The zero-order valence-corrected chi connectivity index (χ0v) is 14.2. The van der Waals surface area contributed by atoms with E-state index in [4.69, 9.17) is 12.2 Å². The molecule has 3 heteroatoms. The smallest absolute Gasteiger partial charge is 0.166 e. The van der Waals surface area contributed by atoms with E-state index in [2.05, 4.69) is 45.3 Å². The first kappa shape index (κ1) is 16.7.